The highest BCUT2D eigenvalue weighted by molar-refractivity contribution is 6.06. The summed E-state index contributed by atoms with van der Waals surface area (Å²) in [7, 11) is 0. The zero-order valence-corrected chi connectivity index (χ0v) is 27.5. The molecule has 1 amide bonds. The van der Waals surface area contributed by atoms with Gasteiger partial charge in [0.15, 0.2) is 5.78 Å². The maximum atomic E-state index is 14.4. The summed E-state index contributed by atoms with van der Waals surface area (Å²) >= 11 is 0. The van der Waals surface area contributed by atoms with Crippen LogP contribution in [-0.4, -0.2) is 47.7 Å². The number of likely N-dealkylation sites (tertiary alicyclic amines) is 1. The van der Waals surface area contributed by atoms with Crippen LogP contribution in [0.3, 0.4) is 0 Å². The number of nitrogens with zero attached hydrogens (tertiary/aromatic N) is 1. The first kappa shape index (κ1) is 31.2. The monoisotopic (exact) mass is 601 g/mol. The van der Waals surface area contributed by atoms with Gasteiger partial charge in [-0.1, -0.05) is 41.5 Å². The molecule has 3 unspecified atom stereocenters. The molecular formula is C36H53F2NO4. The van der Waals surface area contributed by atoms with Crippen molar-refractivity contribution < 1.29 is 27.9 Å². The van der Waals surface area contributed by atoms with Crippen LogP contribution in [0, 0.1) is 51.2 Å². The number of esters is 1. The molecule has 1 aliphatic heterocycles. The topological polar surface area (TPSA) is 63.7 Å². The first-order valence-electron chi connectivity index (χ1n) is 17.1. The van der Waals surface area contributed by atoms with E-state index < -0.39 is 11.3 Å². The fourth-order valence-electron chi connectivity index (χ4n) is 12.3. The van der Waals surface area contributed by atoms with E-state index in [-0.39, 0.29) is 84.2 Å². The summed E-state index contributed by atoms with van der Waals surface area (Å²) in [6, 6.07) is 0. The SMILES string of the molecule is CC(=O)O[C@H]1CC[C@@]2(C)C(CC[C@@]3(C)C4CC[C@@]5(C(=O)N6CCC(F)(F)CC6)CC(=O)C(C(C)C)=C5[C@H]4CCC32)C1(C)C. The molecule has 43 heavy (non-hydrogen) atoms. The normalized spacial score (nSPS) is 43.4. The molecule has 7 heteroatoms. The minimum absolute atomic E-state index is 0.0396. The second-order valence-electron chi connectivity index (χ2n) is 16.8. The third kappa shape index (κ3) is 4.50. The number of ether oxygens (including phenoxy) is 1. The van der Waals surface area contributed by atoms with Crippen molar-refractivity contribution >= 4 is 17.7 Å². The van der Waals surface area contributed by atoms with Crippen LogP contribution in [0.25, 0.3) is 0 Å². The summed E-state index contributed by atoms with van der Waals surface area (Å²) in [5.74, 6) is -1.23. The Morgan fingerprint density at radius 2 is 1.51 bits per heavy atom. The number of halogens is 2. The molecule has 5 aliphatic carbocycles. The van der Waals surface area contributed by atoms with Crippen molar-refractivity contribution in [2.24, 2.45) is 51.2 Å². The Kier molecular flexibility index (Phi) is 7.33. The minimum Gasteiger partial charge on any atom is -0.462 e. The molecule has 4 saturated carbocycles. The fraction of sp³-hybridized carbons (Fsp3) is 0.861. The molecule has 0 N–H and O–H groups in total. The molecule has 1 heterocycles. The number of alkyl halides is 2. The van der Waals surface area contributed by atoms with Gasteiger partial charge in [-0.3, -0.25) is 14.4 Å². The summed E-state index contributed by atoms with van der Waals surface area (Å²) in [6.07, 6.45) is 7.34. The van der Waals surface area contributed by atoms with Gasteiger partial charge in [-0.2, -0.15) is 0 Å². The summed E-state index contributed by atoms with van der Waals surface area (Å²) in [4.78, 5) is 41.8. The number of hydrogen-bond donors (Lipinski definition) is 0. The average molecular weight is 602 g/mol. The lowest BCUT2D eigenvalue weighted by molar-refractivity contribution is -0.212. The molecule has 0 aromatic carbocycles. The number of fused-ring (bicyclic) bond motifs is 7. The number of Topliss-reactive ketones (excluding diaryl/α,β-unsaturated/α-hetero) is 1. The van der Waals surface area contributed by atoms with Crippen LogP contribution in [0.15, 0.2) is 11.1 Å². The zero-order valence-electron chi connectivity index (χ0n) is 27.5. The second kappa shape index (κ2) is 10.1. The van der Waals surface area contributed by atoms with Crippen molar-refractivity contribution in [1.29, 1.82) is 0 Å². The van der Waals surface area contributed by atoms with Crippen molar-refractivity contribution in [3.05, 3.63) is 11.1 Å². The molecule has 0 bridgehead atoms. The van der Waals surface area contributed by atoms with Gasteiger partial charge in [0.25, 0.3) is 5.92 Å². The van der Waals surface area contributed by atoms with Crippen molar-refractivity contribution in [2.45, 2.75) is 131 Å². The summed E-state index contributed by atoms with van der Waals surface area (Å²) in [6.45, 7) is 15.4. The number of hydrogen-bond acceptors (Lipinski definition) is 4. The molecule has 0 aromatic heterocycles. The highest BCUT2D eigenvalue weighted by Gasteiger charge is 2.67. The van der Waals surface area contributed by atoms with Crippen LogP contribution in [-0.2, 0) is 19.1 Å². The number of carbonyl (C=O) groups is 3. The van der Waals surface area contributed by atoms with Gasteiger partial charge in [-0.05, 0) is 103 Å². The van der Waals surface area contributed by atoms with Gasteiger partial charge in [-0.15, -0.1) is 0 Å². The molecule has 0 aromatic rings. The average Bonchev–Trinajstić information content (AvgIpc) is 3.23. The molecule has 5 fully saturated rings. The van der Waals surface area contributed by atoms with Crippen LogP contribution < -0.4 is 0 Å². The molecule has 0 spiro atoms. The van der Waals surface area contributed by atoms with E-state index in [0.717, 1.165) is 56.1 Å². The first-order valence-corrected chi connectivity index (χ1v) is 17.1. The summed E-state index contributed by atoms with van der Waals surface area (Å²) in [5, 5.41) is 0. The smallest absolute Gasteiger partial charge is 0.302 e. The number of ketones is 1. The zero-order chi connectivity index (χ0) is 31.3. The van der Waals surface area contributed by atoms with Crippen molar-refractivity contribution in [1.82, 2.24) is 4.90 Å². The minimum atomic E-state index is -2.72. The maximum absolute atomic E-state index is 14.4. The molecule has 0 radical (unpaired) electrons. The van der Waals surface area contributed by atoms with Crippen LogP contribution in [0.1, 0.15) is 119 Å². The molecule has 1 saturated heterocycles. The van der Waals surface area contributed by atoms with Gasteiger partial charge in [-0.25, -0.2) is 8.78 Å². The van der Waals surface area contributed by atoms with E-state index in [4.69, 9.17) is 4.74 Å². The quantitative estimate of drug-likeness (QED) is 0.310. The van der Waals surface area contributed by atoms with Crippen molar-refractivity contribution in [3.8, 4) is 0 Å². The number of amides is 1. The molecule has 6 rings (SSSR count). The van der Waals surface area contributed by atoms with E-state index in [0.29, 0.717) is 24.2 Å². The van der Waals surface area contributed by atoms with Crippen molar-refractivity contribution in [3.63, 3.8) is 0 Å². The van der Waals surface area contributed by atoms with Gasteiger partial charge >= 0.3 is 5.97 Å². The first-order chi connectivity index (χ1) is 20.0. The van der Waals surface area contributed by atoms with Crippen LogP contribution in [0.4, 0.5) is 8.78 Å². The number of piperidine rings is 1. The predicted molar refractivity (Wildman–Crippen MR) is 161 cm³/mol. The summed E-state index contributed by atoms with van der Waals surface area (Å²) < 4.78 is 34.0. The number of rotatable bonds is 3. The lowest BCUT2D eigenvalue weighted by Crippen LogP contribution is -2.63. The summed E-state index contributed by atoms with van der Waals surface area (Å²) in [5.41, 5.74) is 1.27. The Labute approximate surface area is 256 Å². The van der Waals surface area contributed by atoms with Crippen molar-refractivity contribution in [2.75, 3.05) is 13.1 Å². The van der Waals surface area contributed by atoms with Gasteiger partial charge in [0.1, 0.15) is 6.10 Å². The standard InChI is InChI=1S/C36H53F2NO4/c1-21(2)29-25(41)20-35(31(42)39-18-16-36(37,38)17-19-39)15-10-24-23(30(29)35)8-9-27-33(24,6)13-11-26-32(4,5)28(43-22(3)40)12-14-34(26,27)7/h21,23-24,26-28H,8-20H2,1-7H3/t23-,24?,26?,27?,28-,33-,34-,35+/m0/s1. The lowest BCUT2D eigenvalue weighted by Gasteiger charge is -2.68. The third-order valence-corrected chi connectivity index (χ3v) is 14.0. The Balaban J connectivity index is 1.34. The van der Waals surface area contributed by atoms with E-state index in [2.05, 4.69) is 41.5 Å². The fourth-order valence-corrected chi connectivity index (χ4v) is 12.3. The number of allylic oxidation sites excluding steroid dienone is 1. The number of carbonyl (C=O) groups excluding carboxylic acids is 3. The third-order valence-electron chi connectivity index (χ3n) is 14.0. The second-order valence-corrected chi connectivity index (χ2v) is 16.8. The van der Waals surface area contributed by atoms with Gasteiger partial charge in [0.05, 0.1) is 5.41 Å². The van der Waals surface area contributed by atoms with Gasteiger partial charge < -0.3 is 9.64 Å². The Bertz CT molecular complexity index is 1230. The van der Waals surface area contributed by atoms with E-state index in [9.17, 15) is 23.2 Å². The van der Waals surface area contributed by atoms with Crippen LogP contribution in [0.5, 0.6) is 0 Å². The van der Waals surface area contributed by atoms with E-state index >= 15 is 0 Å². The van der Waals surface area contributed by atoms with E-state index in [1.807, 2.05) is 0 Å². The molecular weight excluding hydrogens is 548 g/mol. The molecule has 8 atom stereocenters. The van der Waals surface area contributed by atoms with Crippen LogP contribution >= 0.6 is 0 Å². The van der Waals surface area contributed by atoms with E-state index in [1.54, 1.807) is 4.90 Å². The lowest BCUT2D eigenvalue weighted by atomic mass is 9.36. The predicted octanol–water partition coefficient (Wildman–Crippen LogP) is 7.77. The Hall–Kier alpha value is -1.79. The van der Waals surface area contributed by atoms with Crippen LogP contribution in [0.2, 0.25) is 0 Å². The molecule has 5 nitrogen and oxygen atoms in total. The largest absolute Gasteiger partial charge is 0.462 e. The highest BCUT2D eigenvalue weighted by Crippen LogP contribution is 2.73. The Morgan fingerprint density at radius 3 is 2.14 bits per heavy atom. The maximum Gasteiger partial charge on any atom is 0.302 e. The molecule has 240 valence electrons. The van der Waals surface area contributed by atoms with E-state index in [1.165, 1.54) is 6.92 Å². The highest BCUT2D eigenvalue weighted by atomic mass is 19.3. The van der Waals surface area contributed by atoms with Gasteiger partial charge in [0, 0.05) is 44.7 Å². The van der Waals surface area contributed by atoms with Gasteiger partial charge in [0.2, 0.25) is 5.91 Å². The Morgan fingerprint density at radius 1 is 0.860 bits per heavy atom. The molecule has 6 aliphatic rings.